The highest BCUT2D eigenvalue weighted by atomic mass is 16.3. The monoisotopic (exact) mass is 75.1 g/mol. The Morgan fingerprint density at radius 3 is 2.40 bits per heavy atom. The van der Waals surface area contributed by atoms with Gasteiger partial charge >= 0.3 is 0 Å². The summed E-state index contributed by atoms with van der Waals surface area (Å²) >= 11 is 0. The zero-order valence-electron chi connectivity index (χ0n) is 4.65. The Labute approximate surface area is 34.0 Å². The van der Waals surface area contributed by atoms with Crippen LogP contribution in [0.3, 0.4) is 0 Å². The van der Waals surface area contributed by atoms with Crippen molar-refractivity contribution in [1.29, 1.82) is 0 Å². The maximum atomic E-state index is 8.49. The van der Waals surface area contributed by atoms with E-state index in [0.29, 0.717) is 6.42 Å². The summed E-state index contributed by atoms with van der Waals surface area (Å²) in [6.45, 7) is 3.24. The second-order valence-electron chi connectivity index (χ2n) is 1.09. The average Bonchev–Trinajstić information content (AvgIpc) is 1.35. The van der Waals surface area contributed by atoms with Gasteiger partial charge in [0, 0.05) is 0 Å². The zero-order chi connectivity index (χ0) is 5.21. The first-order valence-corrected chi connectivity index (χ1v) is 1.78. The minimum Gasteiger partial charge on any atom is -0.393 e. The number of hydrogen-bond donors (Lipinski definition) is 1. The molecule has 1 heteroatoms. The molecule has 0 bridgehead atoms. The van der Waals surface area contributed by atoms with Crippen molar-refractivity contribution >= 4 is 0 Å². The van der Waals surface area contributed by atoms with Gasteiger partial charge in [-0.05, 0) is 13.3 Å². The van der Waals surface area contributed by atoms with Gasteiger partial charge in [0.05, 0.1) is 7.45 Å². The first-order valence-electron chi connectivity index (χ1n) is 2.28. The number of aliphatic hydroxyl groups is 1. The van der Waals surface area contributed by atoms with E-state index in [9.17, 15) is 0 Å². The van der Waals surface area contributed by atoms with Crippen LogP contribution in [0, 0.1) is 0 Å². The maximum absolute atomic E-state index is 8.49. The third-order valence-corrected chi connectivity index (χ3v) is 0.512. The molecule has 1 nitrogen and oxygen atoms in total. The lowest BCUT2D eigenvalue weighted by Crippen LogP contribution is -1.93. The predicted molar refractivity (Wildman–Crippen MR) is 22.0 cm³/mol. The third-order valence-electron chi connectivity index (χ3n) is 0.512. The fourth-order valence-electron chi connectivity index (χ4n) is 0. The minimum absolute atomic E-state index is 0.493. The van der Waals surface area contributed by atoms with Crippen LogP contribution >= 0.6 is 0 Å². The van der Waals surface area contributed by atoms with E-state index in [-0.39, 0.29) is 0 Å². The fourth-order valence-corrected chi connectivity index (χ4v) is 0. The molecule has 32 valence electrons. The smallest absolute Gasteiger partial charge is 0.0597 e. The molecular formula is C4H10O. The quantitative estimate of drug-likeness (QED) is 0.488. The lowest BCUT2D eigenvalue weighted by molar-refractivity contribution is 0.191. The van der Waals surface area contributed by atoms with E-state index >= 15 is 0 Å². The van der Waals surface area contributed by atoms with Crippen LogP contribution in [0.25, 0.3) is 0 Å². The van der Waals surface area contributed by atoms with Crippen molar-refractivity contribution in [3.63, 3.8) is 0 Å². The number of rotatable bonds is 1. The van der Waals surface area contributed by atoms with E-state index in [1.807, 2.05) is 0 Å². The molecule has 1 N–H and O–H groups in total. The van der Waals surface area contributed by atoms with Gasteiger partial charge in [-0.3, -0.25) is 0 Å². The van der Waals surface area contributed by atoms with Gasteiger partial charge in [0.1, 0.15) is 0 Å². The van der Waals surface area contributed by atoms with Crippen LogP contribution in [0.2, 0.25) is 0 Å². The van der Waals surface area contributed by atoms with E-state index in [1.54, 1.807) is 6.92 Å². The molecule has 0 aromatic heterocycles. The molecule has 0 spiro atoms. The SMILES string of the molecule is [2H]C(C)(O)CC. The normalized spacial score (nSPS) is 24.2. The average molecular weight is 75.1 g/mol. The van der Waals surface area contributed by atoms with Gasteiger partial charge in [0.25, 0.3) is 0 Å². The molecule has 0 aliphatic rings. The highest BCUT2D eigenvalue weighted by Crippen LogP contribution is 1.81. The lowest BCUT2D eigenvalue weighted by atomic mass is 10.3. The van der Waals surface area contributed by atoms with E-state index in [1.165, 1.54) is 6.92 Å². The van der Waals surface area contributed by atoms with Gasteiger partial charge < -0.3 is 5.11 Å². The van der Waals surface area contributed by atoms with Crippen molar-refractivity contribution in [1.82, 2.24) is 0 Å². The summed E-state index contributed by atoms with van der Waals surface area (Å²) in [6, 6.07) is 0. The molecule has 0 saturated heterocycles. The van der Waals surface area contributed by atoms with Crippen LogP contribution in [-0.4, -0.2) is 11.2 Å². The van der Waals surface area contributed by atoms with E-state index < -0.39 is 6.08 Å². The van der Waals surface area contributed by atoms with Crippen molar-refractivity contribution in [2.45, 2.75) is 26.3 Å². The highest BCUT2D eigenvalue weighted by Gasteiger charge is 1.81. The van der Waals surface area contributed by atoms with Crippen molar-refractivity contribution in [3.8, 4) is 0 Å². The summed E-state index contributed by atoms with van der Waals surface area (Å²) in [6.07, 6.45) is -0.715. The molecular weight excluding hydrogens is 64.0 g/mol. The Hall–Kier alpha value is -0.0400. The van der Waals surface area contributed by atoms with Crippen LogP contribution in [-0.2, 0) is 0 Å². The van der Waals surface area contributed by atoms with Crippen molar-refractivity contribution < 1.29 is 6.48 Å². The van der Waals surface area contributed by atoms with Crippen LogP contribution in [0.4, 0.5) is 0 Å². The van der Waals surface area contributed by atoms with Crippen LogP contribution in [0.5, 0.6) is 0 Å². The van der Waals surface area contributed by atoms with E-state index in [2.05, 4.69) is 0 Å². The predicted octanol–water partition coefficient (Wildman–Crippen LogP) is 0.777. The Morgan fingerprint density at radius 2 is 2.40 bits per heavy atom. The largest absolute Gasteiger partial charge is 0.393 e. The molecule has 0 aromatic carbocycles. The van der Waals surface area contributed by atoms with Gasteiger partial charge in [-0.1, -0.05) is 6.92 Å². The molecule has 5 heavy (non-hydrogen) atoms. The van der Waals surface area contributed by atoms with Gasteiger partial charge in [-0.15, -0.1) is 0 Å². The van der Waals surface area contributed by atoms with Crippen LogP contribution < -0.4 is 0 Å². The Morgan fingerprint density at radius 1 is 2.20 bits per heavy atom. The van der Waals surface area contributed by atoms with Gasteiger partial charge in [0.15, 0.2) is 0 Å². The van der Waals surface area contributed by atoms with E-state index in [0.717, 1.165) is 0 Å². The van der Waals surface area contributed by atoms with Crippen molar-refractivity contribution in [3.05, 3.63) is 0 Å². The topological polar surface area (TPSA) is 20.2 Å². The molecule has 1 unspecified atom stereocenters. The molecule has 0 aliphatic carbocycles. The lowest BCUT2D eigenvalue weighted by Gasteiger charge is -1.90. The Balaban J connectivity index is 3.17. The molecule has 0 radical (unpaired) electrons. The van der Waals surface area contributed by atoms with Crippen molar-refractivity contribution in [2.24, 2.45) is 0 Å². The van der Waals surface area contributed by atoms with E-state index in [4.69, 9.17) is 6.48 Å². The molecule has 0 fully saturated rings. The molecule has 0 rings (SSSR count). The Bertz CT molecular complexity index is 37.3. The summed E-state index contributed by atoms with van der Waals surface area (Å²) in [4.78, 5) is 0. The summed E-state index contributed by atoms with van der Waals surface area (Å²) in [5.41, 5.74) is 0. The molecule has 1 atom stereocenters. The van der Waals surface area contributed by atoms with Gasteiger partial charge in [-0.25, -0.2) is 0 Å². The van der Waals surface area contributed by atoms with Crippen LogP contribution in [0.15, 0.2) is 0 Å². The first kappa shape index (κ1) is 3.16. The summed E-state index contributed by atoms with van der Waals surface area (Å²) in [5, 5.41) is 8.49. The zero-order valence-corrected chi connectivity index (χ0v) is 3.65. The second-order valence-corrected chi connectivity index (χ2v) is 1.09. The van der Waals surface area contributed by atoms with Gasteiger partial charge in [-0.2, -0.15) is 0 Å². The Kier molecular flexibility index (Phi) is 1.40. The standard InChI is InChI=1S/C4H10O/c1-3-4(2)5/h4-5H,3H2,1-2H3/i4D. The summed E-state index contributed by atoms with van der Waals surface area (Å²) in [7, 11) is 0. The van der Waals surface area contributed by atoms with Crippen molar-refractivity contribution in [2.75, 3.05) is 0 Å². The minimum atomic E-state index is -1.21. The molecule has 0 amide bonds. The van der Waals surface area contributed by atoms with Crippen LogP contribution in [0.1, 0.15) is 21.6 Å². The third kappa shape index (κ3) is 3.96. The summed E-state index contributed by atoms with van der Waals surface area (Å²) < 4.78 is 6.74. The fraction of sp³-hybridized carbons (Fsp3) is 1.00. The van der Waals surface area contributed by atoms with Gasteiger partial charge in [0.2, 0.25) is 0 Å². The highest BCUT2D eigenvalue weighted by molar-refractivity contribution is 4.34. The number of hydrogen-bond acceptors (Lipinski definition) is 1. The summed E-state index contributed by atoms with van der Waals surface area (Å²) in [5.74, 6) is 0. The molecule has 0 aliphatic heterocycles. The first-order chi connectivity index (χ1) is 2.56. The molecule has 0 heterocycles. The molecule has 0 saturated carbocycles. The maximum Gasteiger partial charge on any atom is 0.0597 e. The second kappa shape index (κ2) is 2.21. The molecule has 0 aromatic rings.